The van der Waals surface area contributed by atoms with E-state index in [1.807, 2.05) is 13.8 Å². The van der Waals surface area contributed by atoms with Crippen molar-refractivity contribution in [3.8, 4) is 0 Å². The zero-order chi connectivity index (χ0) is 22.1. The Labute approximate surface area is 176 Å². The molecule has 1 saturated heterocycles. The van der Waals surface area contributed by atoms with Crippen molar-refractivity contribution in [1.29, 1.82) is 0 Å². The van der Waals surface area contributed by atoms with E-state index in [-0.39, 0.29) is 22.3 Å². The van der Waals surface area contributed by atoms with E-state index in [1.165, 1.54) is 0 Å². The quantitative estimate of drug-likeness (QED) is 0.328. The maximum Gasteiger partial charge on any atom is 0.338 e. The Kier molecular flexibility index (Phi) is 7.04. The van der Waals surface area contributed by atoms with Crippen LogP contribution < -0.4 is 0 Å². The molecule has 0 bridgehead atoms. The molecule has 0 spiro atoms. The second kappa shape index (κ2) is 8.49. The second-order valence-corrected chi connectivity index (χ2v) is 16.4. The second-order valence-electron chi connectivity index (χ2n) is 9.47. The molecule has 0 N–H and O–H groups in total. The minimum atomic E-state index is -3.48. The molecule has 0 aliphatic carbocycles. The SMILES string of the molecule is Cc1ccc(S(=O)(=O)CCOC(=O)[C@H]2O[C@]2(C)CCO[Si](C)(C)C(C)(C)C)cc1. The molecular weight excluding hydrogens is 408 g/mol. The van der Waals surface area contributed by atoms with Crippen molar-refractivity contribution in [2.24, 2.45) is 0 Å². The van der Waals surface area contributed by atoms with Gasteiger partial charge in [0.1, 0.15) is 12.2 Å². The van der Waals surface area contributed by atoms with Gasteiger partial charge in [-0.25, -0.2) is 13.2 Å². The van der Waals surface area contributed by atoms with Gasteiger partial charge in [-0.15, -0.1) is 0 Å². The van der Waals surface area contributed by atoms with Gasteiger partial charge in [0.05, 0.1) is 10.6 Å². The topological polar surface area (TPSA) is 82.2 Å². The number of epoxide rings is 1. The van der Waals surface area contributed by atoms with Gasteiger partial charge in [-0.2, -0.15) is 0 Å². The molecule has 164 valence electrons. The fourth-order valence-corrected chi connectivity index (χ4v) is 4.77. The highest BCUT2D eigenvalue weighted by atomic mass is 32.2. The van der Waals surface area contributed by atoms with Crippen LogP contribution in [0.3, 0.4) is 0 Å². The molecule has 2 rings (SSSR count). The van der Waals surface area contributed by atoms with Crippen molar-refractivity contribution < 1.29 is 27.1 Å². The van der Waals surface area contributed by atoms with Crippen LogP contribution >= 0.6 is 0 Å². The third-order valence-corrected chi connectivity index (χ3v) is 12.2. The normalized spacial score (nSPS) is 22.4. The van der Waals surface area contributed by atoms with Gasteiger partial charge in [0.15, 0.2) is 24.3 Å². The zero-order valence-corrected chi connectivity index (χ0v) is 20.4. The van der Waals surface area contributed by atoms with Crippen molar-refractivity contribution in [2.75, 3.05) is 19.0 Å². The lowest BCUT2D eigenvalue weighted by Crippen LogP contribution is -2.41. The largest absolute Gasteiger partial charge is 0.463 e. The molecule has 2 atom stereocenters. The number of ether oxygens (including phenoxy) is 2. The Morgan fingerprint density at radius 1 is 1.17 bits per heavy atom. The van der Waals surface area contributed by atoms with Crippen LogP contribution in [-0.4, -0.2) is 53.4 Å². The number of rotatable bonds is 9. The molecule has 29 heavy (non-hydrogen) atoms. The summed E-state index contributed by atoms with van der Waals surface area (Å²) in [6, 6.07) is 6.62. The average Bonchev–Trinajstić information content (AvgIpc) is 3.25. The molecule has 0 unspecified atom stereocenters. The maximum absolute atomic E-state index is 12.3. The Morgan fingerprint density at radius 3 is 2.31 bits per heavy atom. The number of aryl methyl sites for hydroxylation is 1. The molecule has 1 aliphatic rings. The summed E-state index contributed by atoms with van der Waals surface area (Å²) >= 11 is 0. The van der Waals surface area contributed by atoms with Crippen LogP contribution in [0.5, 0.6) is 0 Å². The standard InChI is InChI=1S/C21H34O6SSi/c1-16-8-10-17(11-9-16)28(23,24)15-14-25-19(22)18-21(5,27-18)12-13-26-29(6,7)20(2,3)4/h8-11,18H,12-15H2,1-7H3/t18-,21-/m1/s1. The van der Waals surface area contributed by atoms with Crippen LogP contribution in [0.4, 0.5) is 0 Å². The summed E-state index contributed by atoms with van der Waals surface area (Å²) in [6.07, 6.45) is -0.0615. The van der Waals surface area contributed by atoms with Crippen LogP contribution in [0.25, 0.3) is 0 Å². The summed E-state index contributed by atoms with van der Waals surface area (Å²) in [5.41, 5.74) is 0.382. The van der Waals surface area contributed by atoms with Crippen LogP contribution in [0.1, 0.15) is 39.7 Å². The van der Waals surface area contributed by atoms with E-state index in [1.54, 1.807) is 24.3 Å². The first-order valence-corrected chi connectivity index (χ1v) is 14.5. The number of hydrogen-bond acceptors (Lipinski definition) is 6. The van der Waals surface area contributed by atoms with Crippen LogP contribution in [0, 0.1) is 6.92 Å². The first-order chi connectivity index (χ1) is 13.2. The Hall–Kier alpha value is -1.22. The van der Waals surface area contributed by atoms with Gasteiger partial charge in [-0.3, -0.25) is 0 Å². The predicted octanol–water partition coefficient (Wildman–Crippen LogP) is 3.88. The molecule has 1 aromatic rings. The maximum atomic E-state index is 12.3. The average molecular weight is 443 g/mol. The Bertz CT molecular complexity index is 826. The fraction of sp³-hybridized carbons (Fsp3) is 0.667. The van der Waals surface area contributed by atoms with Crippen molar-refractivity contribution in [1.82, 2.24) is 0 Å². The van der Waals surface area contributed by atoms with E-state index in [0.29, 0.717) is 13.0 Å². The lowest BCUT2D eigenvalue weighted by atomic mass is 10.0. The van der Waals surface area contributed by atoms with Crippen molar-refractivity contribution >= 4 is 24.1 Å². The number of carbonyl (C=O) groups excluding carboxylic acids is 1. The molecule has 0 saturated carbocycles. The van der Waals surface area contributed by atoms with E-state index in [0.717, 1.165) is 5.56 Å². The molecule has 1 heterocycles. The highest BCUT2D eigenvalue weighted by Gasteiger charge is 2.57. The minimum Gasteiger partial charge on any atom is -0.463 e. The third kappa shape index (κ3) is 6.13. The van der Waals surface area contributed by atoms with E-state index in [2.05, 4.69) is 33.9 Å². The molecule has 8 heteroatoms. The number of sulfone groups is 1. The van der Waals surface area contributed by atoms with Crippen molar-refractivity contribution in [3.63, 3.8) is 0 Å². The zero-order valence-electron chi connectivity index (χ0n) is 18.6. The third-order valence-electron chi connectivity index (χ3n) is 5.94. The van der Waals surface area contributed by atoms with Crippen LogP contribution in [0.2, 0.25) is 18.1 Å². The van der Waals surface area contributed by atoms with Gasteiger partial charge in [-0.1, -0.05) is 38.5 Å². The summed E-state index contributed by atoms with van der Waals surface area (Å²) in [7, 11) is -5.33. The lowest BCUT2D eigenvalue weighted by Gasteiger charge is -2.36. The summed E-state index contributed by atoms with van der Waals surface area (Å²) in [6.45, 7) is 15.0. The number of hydrogen-bond donors (Lipinski definition) is 0. The number of esters is 1. The van der Waals surface area contributed by atoms with Gasteiger partial charge in [0, 0.05) is 13.0 Å². The minimum absolute atomic E-state index is 0.125. The monoisotopic (exact) mass is 442 g/mol. The van der Waals surface area contributed by atoms with Crippen LogP contribution in [0.15, 0.2) is 29.2 Å². The van der Waals surface area contributed by atoms with Crippen molar-refractivity contribution in [3.05, 3.63) is 29.8 Å². The number of carbonyl (C=O) groups is 1. The van der Waals surface area contributed by atoms with E-state index in [4.69, 9.17) is 13.9 Å². The highest BCUT2D eigenvalue weighted by molar-refractivity contribution is 7.91. The van der Waals surface area contributed by atoms with Crippen molar-refractivity contribution in [2.45, 2.75) is 75.8 Å². The first kappa shape index (κ1) is 24.1. The highest BCUT2D eigenvalue weighted by Crippen LogP contribution is 2.42. The first-order valence-electron chi connectivity index (χ1n) is 9.96. The Morgan fingerprint density at radius 2 is 1.76 bits per heavy atom. The molecule has 0 aromatic heterocycles. The summed E-state index contributed by atoms with van der Waals surface area (Å²) in [5, 5.41) is 0.125. The lowest BCUT2D eigenvalue weighted by molar-refractivity contribution is -0.144. The fourth-order valence-electron chi connectivity index (χ4n) is 2.64. The summed E-state index contributed by atoms with van der Waals surface area (Å²) < 4.78 is 41.5. The Balaban J connectivity index is 1.77. The van der Waals surface area contributed by atoms with Gasteiger partial charge in [0.25, 0.3) is 0 Å². The molecule has 6 nitrogen and oxygen atoms in total. The molecule has 1 fully saturated rings. The van der Waals surface area contributed by atoms with Gasteiger partial charge in [0.2, 0.25) is 0 Å². The van der Waals surface area contributed by atoms with Gasteiger partial charge >= 0.3 is 5.97 Å². The predicted molar refractivity (Wildman–Crippen MR) is 115 cm³/mol. The molecular formula is C21H34O6SSi. The van der Waals surface area contributed by atoms with E-state index >= 15 is 0 Å². The molecule has 0 radical (unpaired) electrons. The molecule has 1 aliphatic heterocycles. The van der Waals surface area contributed by atoms with Gasteiger partial charge < -0.3 is 13.9 Å². The summed E-state index contributed by atoms with van der Waals surface area (Å²) in [5.74, 6) is -0.765. The smallest absolute Gasteiger partial charge is 0.338 e. The molecule has 0 amide bonds. The molecule has 1 aromatic carbocycles. The number of benzene rings is 1. The van der Waals surface area contributed by atoms with Crippen LogP contribution in [-0.2, 0) is 28.5 Å². The van der Waals surface area contributed by atoms with E-state index in [9.17, 15) is 13.2 Å². The van der Waals surface area contributed by atoms with E-state index < -0.39 is 35.8 Å². The summed E-state index contributed by atoms with van der Waals surface area (Å²) in [4.78, 5) is 12.5. The van der Waals surface area contributed by atoms with Gasteiger partial charge in [-0.05, 0) is 44.1 Å².